The summed E-state index contributed by atoms with van der Waals surface area (Å²) in [7, 11) is 1.27. The number of carbonyl (C=O) groups excluding carboxylic acids is 2. The van der Waals surface area contributed by atoms with Gasteiger partial charge in [-0.1, -0.05) is 18.2 Å². The number of aromatic nitrogens is 1. The van der Waals surface area contributed by atoms with E-state index in [-0.39, 0.29) is 29.6 Å². The summed E-state index contributed by atoms with van der Waals surface area (Å²) in [5.41, 5.74) is 1.92. The van der Waals surface area contributed by atoms with Crippen molar-refractivity contribution in [2.75, 3.05) is 12.0 Å². The van der Waals surface area contributed by atoms with Gasteiger partial charge in [0.05, 0.1) is 12.7 Å². The summed E-state index contributed by atoms with van der Waals surface area (Å²) in [6.45, 7) is 1.88. The molecule has 6 heteroatoms. The summed E-state index contributed by atoms with van der Waals surface area (Å²) in [5.74, 6) is -0.721. The molecule has 25 heavy (non-hydrogen) atoms. The highest BCUT2D eigenvalue weighted by Gasteiger charge is 2.28. The maximum absolute atomic E-state index is 12.9. The molecule has 1 aromatic carbocycles. The van der Waals surface area contributed by atoms with Gasteiger partial charge in [-0.05, 0) is 37.5 Å². The fourth-order valence-electron chi connectivity index (χ4n) is 3.18. The number of pyridine rings is 1. The van der Waals surface area contributed by atoms with Gasteiger partial charge in [0.15, 0.2) is 0 Å². The lowest BCUT2D eigenvalue weighted by molar-refractivity contribution is -0.119. The van der Waals surface area contributed by atoms with Crippen LogP contribution >= 0.6 is 0 Å². The molecule has 3 rings (SSSR count). The second-order valence-corrected chi connectivity index (χ2v) is 6.16. The number of benzene rings is 1. The molecule has 1 amide bonds. The monoisotopic (exact) mass is 340 g/mol. The Kier molecular flexibility index (Phi) is 4.70. The third-order valence-electron chi connectivity index (χ3n) is 4.50. The lowest BCUT2D eigenvalue weighted by Crippen LogP contribution is -2.44. The summed E-state index contributed by atoms with van der Waals surface area (Å²) in [5, 5.41) is 0. The van der Waals surface area contributed by atoms with E-state index in [1.807, 2.05) is 31.2 Å². The molecule has 6 nitrogen and oxygen atoms in total. The van der Waals surface area contributed by atoms with Crippen molar-refractivity contribution in [3.63, 3.8) is 0 Å². The zero-order valence-corrected chi connectivity index (χ0v) is 14.3. The number of aryl methyl sites for hydroxylation is 1. The van der Waals surface area contributed by atoms with Gasteiger partial charge < -0.3 is 14.2 Å². The van der Waals surface area contributed by atoms with Crippen LogP contribution in [0.2, 0.25) is 0 Å². The van der Waals surface area contributed by atoms with E-state index in [4.69, 9.17) is 0 Å². The number of hydrogen-bond acceptors (Lipinski definition) is 4. The van der Waals surface area contributed by atoms with Crippen LogP contribution in [0.1, 0.15) is 29.3 Å². The van der Waals surface area contributed by atoms with Gasteiger partial charge in [-0.3, -0.25) is 9.59 Å². The van der Waals surface area contributed by atoms with Gasteiger partial charge in [0.1, 0.15) is 6.54 Å². The highest BCUT2D eigenvalue weighted by Crippen LogP contribution is 2.30. The van der Waals surface area contributed by atoms with Crippen LogP contribution in [0.15, 0.2) is 47.4 Å². The smallest absolute Gasteiger partial charge is 0.339 e. The van der Waals surface area contributed by atoms with Crippen molar-refractivity contribution in [1.29, 1.82) is 0 Å². The fraction of sp³-hybridized carbons (Fsp3) is 0.316. The molecule has 0 N–H and O–H groups in total. The molecule has 0 fully saturated rings. The fourth-order valence-corrected chi connectivity index (χ4v) is 3.18. The van der Waals surface area contributed by atoms with Crippen molar-refractivity contribution in [3.05, 3.63) is 64.1 Å². The Morgan fingerprint density at radius 2 is 1.96 bits per heavy atom. The molecule has 0 radical (unpaired) electrons. The quantitative estimate of drug-likeness (QED) is 0.802. The Bertz CT molecular complexity index is 872. The molecule has 130 valence electrons. The van der Waals surface area contributed by atoms with Gasteiger partial charge >= 0.3 is 5.97 Å². The van der Waals surface area contributed by atoms with Gasteiger partial charge in [-0.15, -0.1) is 0 Å². The van der Waals surface area contributed by atoms with E-state index in [9.17, 15) is 14.4 Å². The van der Waals surface area contributed by atoms with Crippen molar-refractivity contribution in [2.24, 2.45) is 0 Å². The number of esters is 1. The first kappa shape index (κ1) is 17.0. The molecule has 2 aromatic rings. The summed E-state index contributed by atoms with van der Waals surface area (Å²) >= 11 is 0. The van der Waals surface area contributed by atoms with Crippen LogP contribution in [0.5, 0.6) is 0 Å². The van der Waals surface area contributed by atoms with Crippen LogP contribution in [-0.4, -0.2) is 29.6 Å². The Balaban J connectivity index is 1.90. The summed E-state index contributed by atoms with van der Waals surface area (Å²) < 4.78 is 5.91. The van der Waals surface area contributed by atoms with Crippen LogP contribution < -0.4 is 10.5 Å². The minimum absolute atomic E-state index is 0.0573. The van der Waals surface area contributed by atoms with Gasteiger partial charge in [-0.25, -0.2) is 4.79 Å². The molecule has 0 unspecified atom stereocenters. The number of para-hydroxylation sites is 1. The van der Waals surface area contributed by atoms with E-state index in [0.717, 1.165) is 24.1 Å². The maximum Gasteiger partial charge on any atom is 0.339 e. The molecule has 1 aromatic heterocycles. The van der Waals surface area contributed by atoms with Crippen LogP contribution in [-0.2, 0) is 22.5 Å². The first-order valence-electron chi connectivity index (χ1n) is 8.20. The highest BCUT2D eigenvalue weighted by molar-refractivity contribution is 5.95. The second kappa shape index (κ2) is 6.93. The number of nitrogens with zero attached hydrogens (tertiary/aromatic N) is 2. The van der Waals surface area contributed by atoms with E-state index >= 15 is 0 Å². The molecular weight excluding hydrogens is 320 g/mol. The number of rotatable bonds is 3. The van der Waals surface area contributed by atoms with Crippen molar-refractivity contribution in [3.8, 4) is 0 Å². The molecule has 0 spiro atoms. The molecule has 2 heterocycles. The van der Waals surface area contributed by atoms with E-state index in [1.54, 1.807) is 4.90 Å². The Morgan fingerprint density at radius 1 is 1.20 bits per heavy atom. The van der Waals surface area contributed by atoms with Crippen molar-refractivity contribution < 1.29 is 14.3 Å². The van der Waals surface area contributed by atoms with Crippen molar-refractivity contribution in [2.45, 2.75) is 32.4 Å². The largest absolute Gasteiger partial charge is 0.465 e. The topological polar surface area (TPSA) is 68.6 Å². The Morgan fingerprint density at radius 3 is 2.72 bits per heavy atom. The number of methoxy groups -OCH3 is 1. The molecule has 1 aliphatic heterocycles. The number of ether oxygens (including phenoxy) is 1. The number of carbonyl (C=O) groups is 2. The van der Waals surface area contributed by atoms with E-state index in [0.29, 0.717) is 0 Å². The second-order valence-electron chi connectivity index (χ2n) is 6.16. The van der Waals surface area contributed by atoms with Gasteiger partial charge in [0.2, 0.25) is 5.91 Å². The van der Waals surface area contributed by atoms with Gasteiger partial charge in [0.25, 0.3) is 5.56 Å². The van der Waals surface area contributed by atoms with Gasteiger partial charge in [-0.2, -0.15) is 0 Å². The number of hydrogen-bond donors (Lipinski definition) is 0. The van der Waals surface area contributed by atoms with E-state index in [2.05, 4.69) is 4.74 Å². The van der Waals surface area contributed by atoms with Crippen molar-refractivity contribution >= 4 is 17.6 Å². The maximum atomic E-state index is 12.9. The normalized spacial score (nSPS) is 16.2. The zero-order valence-electron chi connectivity index (χ0n) is 14.3. The lowest BCUT2D eigenvalue weighted by Gasteiger charge is -2.35. The summed E-state index contributed by atoms with van der Waals surface area (Å²) in [6, 6.07) is 10.5. The average Bonchev–Trinajstić information content (AvgIpc) is 2.62. The lowest BCUT2D eigenvalue weighted by atomic mass is 9.96. The molecule has 0 bridgehead atoms. The van der Waals surface area contributed by atoms with E-state index in [1.165, 1.54) is 30.0 Å². The highest BCUT2D eigenvalue weighted by atomic mass is 16.5. The third-order valence-corrected chi connectivity index (χ3v) is 4.50. The van der Waals surface area contributed by atoms with E-state index < -0.39 is 5.97 Å². The molecule has 1 atom stereocenters. The van der Waals surface area contributed by atoms with Crippen LogP contribution in [0.25, 0.3) is 0 Å². The number of anilines is 1. The zero-order chi connectivity index (χ0) is 18.0. The SMILES string of the molecule is COC(=O)c1ccc(=O)n(CC(=O)N2c3ccccc3CC[C@@H]2C)c1. The predicted octanol–water partition coefficient (Wildman–Crippen LogP) is 2.00. The first-order chi connectivity index (χ1) is 12.0. The molecule has 0 saturated heterocycles. The Labute approximate surface area is 145 Å². The predicted molar refractivity (Wildman–Crippen MR) is 93.8 cm³/mol. The minimum atomic E-state index is -0.544. The van der Waals surface area contributed by atoms with Crippen LogP contribution in [0, 0.1) is 0 Å². The van der Waals surface area contributed by atoms with Crippen LogP contribution in [0.3, 0.4) is 0 Å². The van der Waals surface area contributed by atoms with Gasteiger partial charge in [0, 0.05) is 24.0 Å². The summed E-state index contributed by atoms with van der Waals surface area (Å²) in [6.07, 6.45) is 3.17. The first-order valence-corrected chi connectivity index (χ1v) is 8.20. The third kappa shape index (κ3) is 3.33. The molecule has 0 aliphatic carbocycles. The summed E-state index contributed by atoms with van der Waals surface area (Å²) in [4.78, 5) is 38.4. The average molecular weight is 340 g/mol. The van der Waals surface area contributed by atoms with Crippen molar-refractivity contribution in [1.82, 2.24) is 4.57 Å². The minimum Gasteiger partial charge on any atom is -0.465 e. The number of fused-ring (bicyclic) bond motifs is 1. The number of amides is 1. The van der Waals surface area contributed by atoms with Crippen LogP contribution in [0.4, 0.5) is 5.69 Å². The standard InChI is InChI=1S/C19H20N2O4/c1-13-7-8-14-5-3-4-6-16(14)21(13)18(23)12-20-11-15(19(24)25-2)9-10-17(20)22/h3-6,9-11,13H,7-8,12H2,1-2H3/t13-/m0/s1. The molecule has 1 aliphatic rings. The Hall–Kier alpha value is -2.89. The molecular formula is C19H20N2O4. The molecule has 0 saturated carbocycles.